The second kappa shape index (κ2) is 8.66. The molecule has 0 bridgehead atoms. The monoisotopic (exact) mass is 409 g/mol. The molecule has 0 radical (unpaired) electrons. The second-order valence-electron chi connectivity index (χ2n) is 8.00. The lowest BCUT2D eigenvalue weighted by Crippen LogP contribution is -2.52. The molecular formula is C22H27N5O3. The average Bonchev–Trinajstić information content (AvgIpc) is 3.10. The summed E-state index contributed by atoms with van der Waals surface area (Å²) in [5, 5.41) is 20.9. The first-order valence-corrected chi connectivity index (χ1v) is 10.2. The molecular weight excluding hydrogens is 382 g/mol. The molecule has 0 unspecified atom stereocenters. The molecule has 0 aliphatic heterocycles. The average molecular weight is 409 g/mol. The van der Waals surface area contributed by atoms with Crippen molar-refractivity contribution in [3.05, 3.63) is 40.7 Å². The van der Waals surface area contributed by atoms with Crippen LogP contribution in [0.5, 0.6) is 0 Å². The van der Waals surface area contributed by atoms with Crippen LogP contribution in [0, 0.1) is 32.1 Å². The third-order valence-corrected chi connectivity index (χ3v) is 5.48. The van der Waals surface area contributed by atoms with E-state index in [0.29, 0.717) is 18.5 Å². The smallest absolute Gasteiger partial charge is 0.361 e. The number of nitriles is 1. The lowest BCUT2D eigenvalue weighted by molar-refractivity contribution is -0.130. The van der Waals surface area contributed by atoms with Gasteiger partial charge in [0, 0.05) is 0 Å². The Balaban J connectivity index is 1.70. The lowest BCUT2D eigenvalue weighted by atomic mass is 9.83. The molecule has 1 heterocycles. The molecule has 30 heavy (non-hydrogen) atoms. The normalized spacial score (nSPS) is 16.4. The Morgan fingerprint density at radius 3 is 2.53 bits per heavy atom. The quantitative estimate of drug-likeness (QED) is 0.760. The van der Waals surface area contributed by atoms with Crippen LogP contribution in [-0.2, 0) is 9.53 Å². The molecule has 1 aromatic carbocycles. The summed E-state index contributed by atoms with van der Waals surface area (Å²) in [6.07, 6.45) is 3.01. The van der Waals surface area contributed by atoms with Crippen molar-refractivity contribution in [2.24, 2.45) is 0 Å². The third-order valence-electron chi connectivity index (χ3n) is 5.48. The van der Waals surface area contributed by atoms with Crippen molar-refractivity contribution in [2.75, 3.05) is 0 Å². The van der Waals surface area contributed by atoms with Gasteiger partial charge in [0.1, 0.15) is 5.54 Å². The largest absolute Gasteiger partial charge is 0.448 e. The van der Waals surface area contributed by atoms with Crippen LogP contribution in [0.1, 0.15) is 66.3 Å². The van der Waals surface area contributed by atoms with Crippen molar-refractivity contribution in [2.45, 2.75) is 71.4 Å². The number of nitrogens with one attached hydrogen (secondary N) is 1. The highest BCUT2D eigenvalue weighted by molar-refractivity contribution is 5.91. The fourth-order valence-corrected chi connectivity index (χ4v) is 3.73. The zero-order chi connectivity index (χ0) is 21.9. The van der Waals surface area contributed by atoms with E-state index in [1.807, 2.05) is 32.0 Å². The maximum absolute atomic E-state index is 12.6. The standard InChI is InChI=1S/C22H27N5O3/c1-14-8-9-18(15(2)12-14)27-25-16(3)19(26-27)21(29)30-17(4)20(28)24-22(13-23)10-6-5-7-11-22/h8-9,12,17H,5-7,10-11H2,1-4H3,(H,24,28)/t17-/m1/s1. The zero-order valence-corrected chi connectivity index (χ0v) is 17.9. The second-order valence-corrected chi connectivity index (χ2v) is 8.00. The predicted octanol–water partition coefficient (Wildman–Crippen LogP) is 3.08. The van der Waals surface area contributed by atoms with Crippen molar-refractivity contribution >= 4 is 11.9 Å². The van der Waals surface area contributed by atoms with Crippen molar-refractivity contribution in [1.82, 2.24) is 20.3 Å². The SMILES string of the molecule is Cc1ccc(-n2nc(C)c(C(=O)O[C@H](C)C(=O)NC3(C#N)CCCCC3)n2)c(C)c1. The Bertz CT molecular complexity index is 999. The summed E-state index contributed by atoms with van der Waals surface area (Å²) in [6, 6.07) is 8.07. The molecule has 1 atom stereocenters. The van der Waals surface area contributed by atoms with E-state index >= 15 is 0 Å². The van der Waals surface area contributed by atoms with Gasteiger partial charge in [0.15, 0.2) is 11.8 Å². The van der Waals surface area contributed by atoms with Crippen LogP contribution in [0.15, 0.2) is 18.2 Å². The number of carbonyl (C=O) groups is 2. The number of hydrogen-bond donors (Lipinski definition) is 1. The summed E-state index contributed by atoms with van der Waals surface area (Å²) in [5.41, 5.74) is 2.45. The van der Waals surface area contributed by atoms with E-state index in [0.717, 1.165) is 36.1 Å². The van der Waals surface area contributed by atoms with Crippen molar-refractivity contribution < 1.29 is 14.3 Å². The van der Waals surface area contributed by atoms with E-state index in [1.54, 1.807) is 6.92 Å². The van der Waals surface area contributed by atoms with Gasteiger partial charge in [0.05, 0.1) is 17.5 Å². The summed E-state index contributed by atoms with van der Waals surface area (Å²) in [5.74, 6) is -1.20. The van der Waals surface area contributed by atoms with E-state index in [4.69, 9.17) is 4.74 Å². The van der Waals surface area contributed by atoms with Gasteiger partial charge in [-0.3, -0.25) is 4.79 Å². The van der Waals surface area contributed by atoms with Gasteiger partial charge in [-0.2, -0.15) is 15.2 Å². The van der Waals surface area contributed by atoms with Crippen LogP contribution in [0.3, 0.4) is 0 Å². The van der Waals surface area contributed by atoms with Gasteiger partial charge in [-0.1, -0.05) is 37.0 Å². The molecule has 1 N–H and O–H groups in total. The van der Waals surface area contributed by atoms with E-state index in [9.17, 15) is 14.9 Å². The van der Waals surface area contributed by atoms with E-state index < -0.39 is 23.5 Å². The Morgan fingerprint density at radius 1 is 1.20 bits per heavy atom. The number of esters is 1. The molecule has 1 saturated carbocycles. The van der Waals surface area contributed by atoms with Crippen LogP contribution in [0.25, 0.3) is 5.69 Å². The van der Waals surface area contributed by atoms with Crippen LogP contribution in [0.2, 0.25) is 0 Å². The first kappa shape index (κ1) is 21.5. The molecule has 3 rings (SSSR count). The summed E-state index contributed by atoms with van der Waals surface area (Å²) in [6.45, 7) is 7.10. The first-order chi connectivity index (χ1) is 14.2. The fraction of sp³-hybridized carbons (Fsp3) is 0.500. The highest BCUT2D eigenvalue weighted by Gasteiger charge is 2.35. The maximum atomic E-state index is 12.6. The molecule has 1 amide bonds. The maximum Gasteiger partial charge on any atom is 0.361 e. The number of aryl methyl sites for hydroxylation is 3. The van der Waals surface area contributed by atoms with E-state index in [2.05, 4.69) is 21.6 Å². The number of ether oxygens (including phenoxy) is 1. The Kier molecular flexibility index (Phi) is 6.20. The highest BCUT2D eigenvalue weighted by atomic mass is 16.5. The van der Waals surface area contributed by atoms with Crippen LogP contribution >= 0.6 is 0 Å². The molecule has 1 aromatic heterocycles. The number of amides is 1. The molecule has 158 valence electrons. The van der Waals surface area contributed by atoms with E-state index in [-0.39, 0.29) is 5.69 Å². The number of rotatable bonds is 5. The molecule has 1 fully saturated rings. The van der Waals surface area contributed by atoms with Crippen molar-refractivity contribution in [1.29, 1.82) is 5.26 Å². The fourth-order valence-electron chi connectivity index (χ4n) is 3.73. The highest BCUT2D eigenvalue weighted by Crippen LogP contribution is 2.27. The molecule has 1 aliphatic carbocycles. The minimum Gasteiger partial charge on any atom is -0.448 e. The van der Waals surface area contributed by atoms with Gasteiger partial charge in [0.25, 0.3) is 5.91 Å². The first-order valence-electron chi connectivity index (χ1n) is 10.2. The van der Waals surface area contributed by atoms with Gasteiger partial charge in [0.2, 0.25) is 0 Å². The summed E-state index contributed by atoms with van der Waals surface area (Å²) in [4.78, 5) is 26.6. The Hall–Kier alpha value is -3.21. The van der Waals surface area contributed by atoms with Crippen LogP contribution in [0.4, 0.5) is 0 Å². The number of benzene rings is 1. The van der Waals surface area contributed by atoms with Crippen molar-refractivity contribution in [3.63, 3.8) is 0 Å². The van der Waals surface area contributed by atoms with Gasteiger partial charge in [-0.15, -0.1) is 5.10 Å². The predicted molar refractivity (Wildman–Crippen MR) is 110 cm³/mol. The van der Waals surface area contributed by atoms with Crippen LogP contribution in [-0.4, -0.2) is 38.5 Å². The third kappa shape index (κ3) is 4.51. The summed E-state index contributed by atoms with van der Waals surface area (Å²) in [7, 11) is 0. The van der Waals surface area contributed by atoms with Gasteiger partial charge in [-0.05, 0) is 52.2 Å². The van der Waals surface area contributed by atoms with Crippen molar-refractivity contribution in [3.8, 4) is 11.8 Å². The number of aromatic nitrogens is 3. The van der Waals surface area contributed by atoms with Gasteiger partial charge < -0.3 is 10.1 Å². The Morgan fingerprint density at radius 2 is 1.90 bits per heavy atom. The topological polar surface area (TPSA) is 110 Å². The number of nitrogens with zero attached hydrogens (tertiary/aromatic N) is 4. The molecule has 1 aliphatic rings. The number of carbonyl (C=O) groups excluding carboxylic acids is 2. The molecule has 0 spiro atoms. The molecule has 2 aromatic rings. The number of hydrogen-bond acceptors (Lipinski definition) is 6. The minimum absolute atomic E-state index is 0.0577. The van der Waals surface area contributed by atoms with Gasteiger partial charge >= 0.3 is 5.97 Å². The summed E-state index contributed by atoms with van der Waals surface area (Å²) < 4.78 is 5.33. The molecule has 8 nitrogen and oxygen atoms in total. The van der Waals surface area contributed by atoms with Crippen LogP contribution < -0.4 is 5.32 Å². The molecule has 8 heteroatoms. The lowest BCUT2D eigenvalue weighted by Gasteiger charge is -2.32. The Labute approximate surface area is 176 Å². The van der Waals surface area contributed by atoms with Gasteiger partial charge in [-0.25, -0.2) is 4.79 Å². The van der Waals surface area contributed by atoms with E-state index in [1.165, 1.54) is 11.7 Å². The zero-order valence-electron chi connectivity index (χ0n) is 17.9. The minimum atomic E-state index is -1.05. The molecule has 0 saturated heterocycles. The summed E-state index contributed by atoms with van der Waals surface area (Å²) >= 11 is 0.